The molecule has 5 nitrogen and oxygen atoms in total. The van der Waals surface area contributed by atoms with Gasteiger partial charge in [-0.25, -0.2) is 8.42 Å². The largest absolute Gasteiger partial charge is 0.325 e. The Labute approximate surface area is 130 Å². The van der Waals surface area contributed by atoms with Gasteiger partial charge < -0.3 is 5.32 Å². The summed E-state index contributed by atoms with van der Waals surface area (Å²) in [6, 6.07) is 11.8. The van der Waals surface area contributed by atoms with Gasteiger partial charge >= 0.3 is 0 Å². The van der Waals surface area contributed by atoms with Crippen molar-refractivity contribution in [1.29, 1.82) is 0 Å². The number of nitrogens with one attached hydrogen (secondary N) is 2. The molecule has 0 saturated carbocycles. The molecule has 22 heavy (non-hydrogen) atoms. The maximum absolute atomic E-state index is 12.5. The number of amides is 1. The molecule has 0 aliphatic carbocycles. The SMILES string of the molecule is CC(=O)Nc1ccccc1NS(=O)(=O)c1ccc(C)cc1C. The standard InChI is InChI=1S/C16H18N2O3S/c1-11-8-9-16(12(2)10-11)22(20,21)18-15-7-5-4-6-14(15)17-13(3)19/h4-10,18H,1-3H3,(H,17,19). The smallest absolute Gasteiger partial charge is 0.262 e. The first kappa shape index (κ1) is 16.0. The van der Waals surface area contributed by atoms with Gasteiger partial charge in [-0.15, -0.1) is 0 Å². The van der Waals surface area contributed by atoms with Crippen LogP contribution in [0.2, 0.25) is 0 Å². The van der Waals surface area contributed by atoms with Gasteiger partial charge in [0.1, 0.15) is 0 Å². The second kappa shape index (κ2) is 6.19. The van der Waals surface area contributed by atoms with Crippen LogP contribution in [0.5, 0.6) is 0 Å². The number of sulfonamides is 1. The number of aryl methyl sites for hydroxylation is 2. The summed E-state index contributed by atoms with van der Waals surface area (Å²) in [6.07, 6.45) is 0. The number of carbonyl (C=O) groups is 1. The van der Waals surface area contributed by atoms with Gasteiger partial charge in [0.05, 0.1) is 16.3 Å². The van der Waals surface area contributed by atoms with Crippen LogP contribution in [0, 0.1) is 13.8 Å². The molecule has 0 heterocycles. The Morgan fingerprint density at radius 2 is 1.64 bits per heavy atom. The van der Waals surface area contributed by atoms with Crippen LogP contribution < -0.4 is 10.0 Å². The molecule has 2 rings (SSSR count). The van der Waals surface area contributed by atoms with E-state index in [1.165, 1.54) is 6.92 Å². The van der Waals surface area contributed by atoms with Crippen molar-refractivity contribution in [2.45, 2.75) is 25.7 Å². The average Bonchev–Trinajstić information content (AvgIpc) is 2.39. The van der Waals surface area contributed by atoms with Gasteiger partial charge in [-0.3, -0.25) is 9.52 Å². The third kappa shape index (κ3) is 3.65. The normalized spacial score (nSPS) is 11.0. The number of benzene rings is 2. The molecule has 0 fully saturated rings. The number of carbonyl (C=O) groups excluding carboxylic acids is 1. The summed E-state index contributed by atoms with van der Waals surface area (Å²) in [7, 11) is -3.72. The van der Waals surface area contributed by atoms with E-state index in [0.717, 1.165) is 5.56 Å². The van der Waals surface area contributed by atoms with Gasteiger partial charge in [0.2, 0.25) is 5.91 Å². The predicted octanol–water partition coefficient (Wildman–Crippen LogP) is 3.06. The van der Waals surface area contributed by atoms with E-state index in [-0.39, 0.29) is 10.8 Å². The summed E-state index contributed by atoms with van der Waals surface area (Å²) in [5, 5.41) is 2.61. The molecule has 2 N–H and O–H groups in total. The number of anilines is 2. The van der Waals surface area contributed by atoms with E-state index in [1.54, 1.807) is 43.3 Å². The van der Waals surface area contributed by atoms with Crippen molar-refractivity contribution in [2.75, 3.05) is 10.0 Å². The first-order chi connectivity index (χ1) is 10.3. The van der Waals surface area contributed by atoms with Crippen LogP contribution in [0.25, 0.3) is 0 Å². The predicted molar refractivity (Wildman–Crippen MR) is 87.5 cm³/mol. The Morgan fingerprint density at radius 1 is 1.00 bits per heavy atom. The van der Waals surface area contributed by atoms with Gasteiger partial charge in [-0.1, -0.05) is 29.8 Å². The first-order valence-corrected chi connectivity index (χ1v) is 8.24. The number of para-hydroxylation sites is 2. The molecule has 0 saturated heterocycles. The molecular weight excluding hydrogens is 300 g/mol. The van der Waals surface area contributed by atoms with Crippen LogP contribution in [0.1, 0.15) is 18.1 Å². The van der Waals surface area contributed by atoms with Crippen molar-refractivity contribution in [1.82, 2.24) is 0 Å². The lowest BCUT2D eigenvalue weighted by molar-refractivity contribution is -0.114. The number of hydrogen-bond donors (Lipinski definition) is 2. The Hall–Kier alpha value is -2.34. The van der Waals surface area contributed by atoms with Crippen molar-refractivity contribution in [3.8, 4) is 0 Å². The van der Waals surface area contributed by atoms with Crippen molar-refractivity contribution in [2.24, 2.45) is 0 Å². The molecule has 0 radical (unpaired) electrons. The van der Waals surface area contributed by atoms with Gasteiger partial charge in [-0.2, -0.15) is 0 Å². The van der Waals surface area contributed by atoms with E-state index in [1.807, 2.05) is 13.0 Å². The Balaban J connectivity index is 2.39. The van der Waals surface area contributed by atoms with Crippen LogP contribution in [0.15, 0.2) is 47.4 Å². The van der Waals surface area contributed by atoms with Crippen LogP contribution in [-0.4, -0.2) is 14.3 Å². The zero-order chi connectivity index (χ0) is 16.3. The molecule has 0 aliphatic heterocycles. The molecule has 2 aromatic carbocycles. The minimum absolute atomic E-state index is 0.218. The molecule has 0 aliphatic rings. The Bertz CT molecular complexity index is 814. The Morgan fingerprint density at radius 3 is 2.23 bits per heavy atom. The Kier molecular flexibility index (Phi) is 4.51. The van der Waals surface area contributed by atoms with Crippen LogP contribution in [0.4, 0.5) is 11.4 Å². The van der Waals surface area contributed by atoms with Gasteiger partial charge in [0.25, 0.3) is 10.0 Å². The maximum Gasteiger partial charge on any atom is 0.262 e. The van der Waals surface area contributed by atoms with E-state index in [0.29, 0.717) is 16.9 Å². The van der Waals surface area contributed by atoms with Crippen molar-refractivity contribution >= 4 is 27.3 Å². The number of hydrogen-bond acceptors (Lipinski definition) is 3. The summed E-state index contributed by atoms with van der Waals surface area (Å²) in [5.41, 5.74) is 2.42. The second-order valence-corrected chi connectivity index (χ2v) is 6.75. The monoisotopic (exact) mass is 318 g/mol. The average molecular weight is 318 g/mol. The summed E-state index contributed by atoms with van der Waals surface area (Å²) < 4.78 is 27.6. The summed E-state index contributed by atoms with van der Waals surface area (Å²) in [5.74, 6) is -0.266. The topological polar surface area (TPSA) is 75.3 Å². The zero-order valence-corrected chi connectivity index (χ0v) is 13.5. The molecule has 0 aromatic heterocycles. The highest BCUT2D eigenvalue weighted by Gasteiger charge is 2.18. The van der Waals surface area contributed by atoms with Crippen LogP contribution >= 0.6 is 0 Å². The molecule has 0 spiro atoms. The minimum atomic E-state index is -3.72. The molecule has 116 valence electrons. The lowest BCUT2D eigenvalue weighted by Gasteiger charge is -2.14. The van der Waals surface area contributed by atoms with E-state index in [2.05, 4.69) is 10.0 Å². The molecular formula is C16H18N2O3S. The molecule has 6 heteroatoms. The summed E-state index contributed by atoms with van der Waals surface area (Å²) in [6.45, 7) is 5.03. The third-order valence-corrected chi connectivity index (χ3v) is 4.63. The van der Waals surface area contributed by atoms with E-state index in [4.69, 9.17) is 0 Å². The maximum atomic E-state index is 12.5. The molecule has 0 bridgehead atoms. The lowest BCUT2D eigenvalue weighted by Crippen LogP contribution is -2.16. The van der Waals surface area contributed by atoms with Crippen molar-refractivity contribution in [3.63, 3.8) is 0 Å². The summed E-state index contributed by atoms with van der Waals surface area (Å²) >= 11 is 0. The summed E-state index contributed by atoms with van der Waals surface area (Å²) in [4.78, 5) is 11.4. The first-order valence-electron chi connectivity index (χ1n) is 6.76. The van der Waals surface area contributed by atoms with Gasteiger partial charge in [0.15, 0.2) is 0 Å². The van der Waals surface area contributed by atoms with Crippen molar-refractivity contribution < 1.29 is 13.2 Å². The lowest BCUT2D eigenvalue weighted by atomic mass is 10.2. The quantitative estimate of drug-likeness (QED) is 0.909. The van der Waals surface area contributed by atoms with E-state index in [9.17, 15) is 13.2 Å². The molecule has 0 unspecified atom stereocenters. The zero-order valence-electron chi connectivity index (χ0n) is 12.7. The van der Waals surface area contributed by atoms with Crippen LogP contribution in [0.3, 0.4) is 0 Å². The fraction of sp³-hybridized carbons (Fsp3) is 0.188. The fourth-order valence-electron chi connectivity index (χ4n) is 2.17. The minimum Gasteiger partial charge on any atom is -0.325 e. The van der Waals surface area contributed by atoms with Crippen molar-refractivity contribution in [3.05, 3.63) is 53.6 Å². The van der Waals surface area contributed by atoms with Gasteiger partial charge in [-0.05, 0) is 37.6 Å². The fourth-order valence-corrected chi connectivity index (χ4v) is 3.48. The third-order valence-electron chi connectivity index (χ3n) is 3.10. The molecule has 1 amide bonds. The van der Waals surface area contributed by atoms with Crippen LogP contribution in [-0.2, 0) is 14.8 Å². The highest BCUT2D eigenvalue weighted by Crippen LogP contribution is 2.25. The second-order valence-electron chi connectivity index (χ2n) is 5.10. The highest BCUT2D eigenvalue weighted by molar-refractivity contribution is 7.92. The molecule has 2 aromatic rings. The van der Waals surface area contributed by atoms with E-state index >= 15 is 0 Å². The molecule has 0 atom stereocenters. The van der Waals surface area contributed by atoms with Gasteiger partial charge in [0, 0.05) is 6.92 Å². The van der Waals surface area contributed by atoms with E-state index < -0.39 is 10.0 Å². The number of rotatable bonds is 4. The highest BCUT2D eigenvalue weighted by atomic mass is 32.2.